The molecule has 0 saturated carbocycles. The van der Waals surface area contributed by atoms with Crippen molar-refractivity contribution < 1.29 is 14.7 Å². The third-order valence-electron chi connectivity index (χ3n) is 4.44. The number of carbonyl (C=O) groups is 2. The van der Waals surface area contributed by atoms with Gasteiger partial charge in [-0.15, -0.1) is 10.2 Å². The molecule has 2 atom stereocenters. The highest BCUT2D eigenvalue weighted by Gasteiger charge is 2.37. The van der Waals surface area contributed by atoms with Crippen molar-refractivity contribution in [1.82, 2.24) is 25.1 Å². The number of nitrogens with zero attached hydrogens (tertiary/aromatic N) is 5. The number of rotatable bonds is 5. The van der Waals surface area contributed by atoms with Gasteiger partial charge in [0.2, 0.25) is 11.7 Å². The van der Waals surface area contributed by atoms with Gasteiger partial charge in [-0.25, -0.2) is 0 Å². The Morgan fingerprint density at radius 3 is 2.56 bits per heavy atom. The second kappa shape index (κ2) is 7.00. The average Bonchev–Trinajstić information content (AvgIpc) is 3.25. The quantitative estimate of drug-likeness (QED) is 0.882. The first-order valence-corrected chi connectivity index (χ1v) is 8.34. The Morgan fingerprint density at radius 1 is 1.24 bits per heavy atom. The molecular weight excluding hydrogens is 322 g/mol. The van der Waals surface area contributed by atoms with Crippen LogP contribution in [0.5, 0.6) is 0 Å². The first-order valence-electron chi connectivity index (χ1n) is 8.34. The monoisotopic (exact) mass is 343 g/mol. The summed E-state index contributed by atoms with van der Waals surface area (Å²) < 4.78 is 0. The van der Waals surface area contributed by atoms with Crippen molar-refractivity contribution in [2.75, 3.05) is 13.1 Å². The summed E-state index contributed by atoms with van der Waals surface area (Å²) in [6, 6.07) is 8.84. The number of aromatic nitrogens is 4. The van der Waals surface area contributed by atoms with Crippen LogP contribution in [0.3, 0.4) is 0 Å². The van der Waals surface area contributed by atoms with Gasteiger partial charge < -0.3 is 10.0 Å². The van der Waals surface area contributed by atoms with E-state index in [2.05, 4.69) is 15.4 Å². The number of hydrogen-bond donors (Lipinski definition) is 1. The van der Waals surface area contributed by atoms with Crippen LogP contribution in [0.1, 0.15) is 26.3 Å². The van der Waals surface area contributed by atoms with Gasteiger partial charge in [0.1, 0.15) is 0 Å². The van der Waals surface area contributed by atoms with Crippen LogP contribution in [0.4, 0.5) is 0 Å². The van der Waals surface area contributed by atoms with Gasteiger partial charge in [0.15, 0.2) is 6.04 Å². The number of carbonyl (C=O) groups excluding carboxylic acids is 1. The first-order chi connectivity index (χ1) is 12.0. The molecule has 0 bridgehead atoms. The minimum absolute atomic E-state index is 0.0470. The summed E-state index contributed by atoms with van der Waals surface area (Å²) in [6.07, 6.45) is 0.478. The lowest BCUT2D eigenvalue weighted by atomic mass is 10.0. The molecule has 1 aliphatic heterocycles. The van der Waals surface area contributed by atoms with Crippen LogP contribution in [0, 0.1) is 11.8 Å². The van der Waals surface area contributed by atoms with Crippen LogP contribution in [0.2, 0.25) is 0 Å². The third kappa shape index (κ3) is 3.52. The number of carboxylic acids is 1. The Balaban J connectivity index is 1.81. The molecule has 3 rings (SSSR count). The van der Waals surface area contributed by atoms with E-state index in [-0.39, 0.29) is 18.4 Å². The topological polar surface area (TPSA) is 101 Å². The molecule has 0 aliphatic carbocycles. The zero-order chi connectivity index (χ0) is 18.0. The zero-order valence-electron chi connectivity index (χ0n) is 14.2. The molecule has 8 heteroatoms. The van der Waals surface area contributed by atoms with Gasteiger partial charge in [-0.3, -0.25) is 9.59 Å². The number of carboxylic acid groups (broad SMARTS) is 1. The SMILES string of the molecule is CC(C)[C@@H](C(=O)N1CC[C@@H](C(=O)O)C1)n1nnc(-c2ccccc2)n1. The van der Waals surface area contributed by atoms with Crippen LogP contribution >= 0.6 is 0 Å². The van der Waals surface area contributed by atoms with Gasteiger partial charge in [0.25, 0.3) is 0 Å². The molecule has 1 aliphatic rings. The van der Waals surface area contributed by atoms with Crippen LogP contribution < -0.4 is 0 Å². The number of benzene rings is 1. The number of hydrogen-bond acceptors (Lipinski definition) is 5. The summed E-state index contributed by atoms with van der Waals surface area (Å²) in [6.45, 7) is 4.51. The molecule has 8 nitrogen and oxygen atoms in total. The number of aliphatic carboxylic acids is 1. The highest BCUT2D eigenvalue weighted by Crippen LogP contribution is 2.25. The smallest absolute Gasteiger partial charge is 0.308 e. The Kier molecular flexibility index (Phi) is 4.78. The van der Waals surface area contributed by atoms with E-state index < -0.39 is 17.9 Å². The second-order valence-electron chi connectivity index (χ2n) is 6.60. The Morgan fingerprint density at radius 2 is 1.96 bits per heavy atom. The van der Waals surface area contributed by atoms with E-state index in [1.807, 2.05) is 44.2 Å². The molecule has 25 heavy (non-hydrogen) atoms. The fourth-order valence-electron chi connectivity index (χ4n) is 3.05. The summed E-state index contributed by atoms with van der Waals surface area (Å²) >= 11 is 0. The van der Waals surface area contributed by atoms with Crippen molar-refractivity contribution in [3.8, 4) is 11.4 Å². The van der Waals surface area contributed by atoms with E-state index in [0.29, 0.717) is 18.8 Å². The molecule has 1 N–H and O–H groups in total. The minimum Gasteiger partial charge on any atom is -0.481 e. The molecule has 2 aromatic rings. The van der Waals surface area contributed by atoms with E-state index in [1.165, 1.54) is 4.80 Å². The lowest BCUT2D eigenvalue weighted by molar-refractivity contribution is -0.141. The van der Waals surface area contributed by atoms with Gasteiger partial charge in [0.05, 0.1) is 5.92 Å². The fraction of sp³-hybridized carbons (Fsp3) is 0.471. The molecule has 1 aromatic heterocycles. The Hall–Kier alpha value is -2.77. The maximum atomic E-state index is 12.9. The largest absolute Gasteiger partial charge is 0.481 e. The van der Waals surface area contributed by atoms with E-state index in [0.717, 1.165) is 5.56 Å². The molecule has 2 heterocycles. The second-order valence-corrected chi connectivity index (χ2v) is 6.60. The average molecular weight is 343 g/mol. The van der Waals surface area contributed by atoms with Crippen molar-refractivity contribution in [3.05, 3.63) is 30.3 Å². The highest BCUT2D eigenvalue weighted by atomic mass is 16.4. The normalized spacial score (nSPS) is 18.5. The Bertz CT molecular complexity index is 759. The first kappa shape index (κ1) is 17.1. The third-order valence-corrected chi connectivity index (χ3v) is 4.44. The van der Waals surface area contributed by atoms with E-state index >= 15 is 0 Å². The van der Waals surface area contributed by atoms with Crippen molar-refractivity contribution in [3.63, 3.8) is 0 Å². The van der Waals surface area contributed by atoms with Gasteiger partial charge >= 0.3 is 5.97 Å². The summed E-state index contributed by atoms with van der Waals surface area (Å²) in [4.78, 5) is 27.0. The standard InChI is InChI=1S/C17H21N5O3/c1-11(2)14(16(23)21-9-8-13(10-21)17(24)25)22-19-15(18-20-22)12-6-4-3-5-7-12/h3-7,11,13-14H,8-10H2,1-2H3,(H,24,25)/t13-,14+/m1/s1. The summed E-state index contributed by atoms with van der Waals surface area (Å²) in [5.74, 6) is -1.10. The molecule has 1 fully saturated rings. The molecule has 1 amide bonds. The lowest BCUT2D eigenvalue weighted by Gasteiger charge is -2.24. The molecule has 0 radical (unpaired) electrons. The number of amides is 1. The highest BCUT2D eigenvalue weighted by molar-refractivity contribution is 5.82. The zero-order valence-corrected chi connectivity index (χ0v) is 14.2. The summed E-state index contributed by atoms with van der Waals surface area (Å²) in [5, 5.41) is 21.6. The predicted molar refractivity (Wildman–Crippen MR) is 89.5 cm³/mol. The van der Waals surface area contributed by atoms with Crippen LogP contribution in [0.25, 0.3) is 11.4 Å². The molecule has 0 spiro atoms. The van der Waals surface area contributed by atoms with E-state index in [9.17, 15) is 9.59 Å². The van der Waals surface area contributed by atoms with Gasteiger partial charge in [-0.05, 0) is 17.6 Å². The van der Waals surface area contributed by atoms with Gasteiger partial charge in [-0.2, -0.15) is 4.80 Å². The van der Waals surface area contributed by atoms with E-state index in [4.69, 9.17) is 5.11 Å². The number of tetrazole rings is 1. The van der Waals surface area contributed by atoms with Gasteiger partial charge in [-0.1, -0.05) is 44.2 Å². The lowest BCUT2D eigenvalue weighted by Crippen LogP contribution is -2.39. The Labute approximate surface area is 145 Å². The van der Waals surface area contributed by atoms with Gasteiger partial charge in [0, 0.05) is 18.7 Å². The molecular formula is C17H21N5O3. The maximum absolute atomic E-state index is 12.9. The van der Waals surface area contributed by atoms with Crippen molar-refractivity contribution >= 4 is 11.9 Å². The van der Waals surface area contributed by atoms with Crippen LogP contribution in [0.15, 0.2) is 30.3 Å². The molecule has 1 saturated heterocycles. The summed E-state index contributed by atoms with van der Waals surface area (Å²) in [7, 11) is 0. The summed E-state index contributed by atoms with van der Waals surface area (Å²) in [5.41, 5.74) is 0.829. The van der Waals surface area contributed by atoms with Crippen molar-refractivity contribution in [2.24, 2.45) is 11.8 Å². The predicted octanol–water partition coefficient (Wildman–Crippen LogP) is 1.47. The number of likely N-dealkylation sites (tertiary alicyclic amines) is 1. The molecule has 1 aromatic carbocycles. The van der Waals surface area contributed by atoms with Crippen LogP contribution in [-0.2, 0) is 9.59 Å². The van der Waals surface area contributed by atoms with Crippen molar-refractivity contribution in [2.45, 2.75) is 26.3 Å². The molecule has 132 valence electrons. The van der Waals surface area contributed by atoms with E-state index in [1.54, 1.807) is 4.90 Å². The minimum atomic E-state index is -0.860. The maximum Gasteiger partial charge on any atom is 0.308 e. The van der Waals surface area contributed by atoms with Crippen molar-refractivity contribution in [1.29, 1.82) is 0 Å². The van der Waals surface area contributed by atoms with Crippen LogP contribution in [-0.4, -0.2) is 55.2 Å². The fourth-order valence-corrected chi connectivity index (χ4v) is 3.05. The molecule has 0 unspecified atom stereocenters.